The number of hydrogen-bond acceptors (Lipinski definition) is 5. The molecule has 0 spiro atoms. The number of rotatable bonds is 2. The number of methoxy groups -OCH3 is 1. The van der Waals surface area contributed by atoms with Gasteiger partial charge in [-0.1, -0.05) is 12.2 Å². The van der Waals surface area contributed by atoms with Crippen molar-refractivity contribution in [3.05, 3.63) is 0 Å². The number of nitrogens with zero attached hydrogens (tertiary/aromatic N) is 1. The Morgan fingerprint density at radius 2 is 2.43 bits per heavy atom. The molecular formula is C8H14N2O3S. The highest BCUT2D eigenvalue weighted by Gasteiger charge is 2.37. The number of hydrogen-bond donors (Lipinski definition) is 2. The van der Waals surface area contributed by atoms with Crippen LogP contribution in [0.3, 0.4) is 0 Å². The van der Waals surface area contributed by atoms with Crippen LogP contribution in [0.2, 0.25) is 0 Å². The van der Waals surface area contributed by atoms with Gasteiger partial charge in [-0.05, 0) is 0 Å². The van der Waals surface area contributed by atoms with Crippen molar-refractivity contribution >= 4 is 23.2 Å². The van der Waals surface area contributed by atoms with Gasteiger partial charge in [-0.25, -0.2) is 4.79 Å². The van der Waals surface area contributed by atoms with Crippen molar-refractivity contribution < 1.29 is 14.6 Å². The van der Waals surface area contributed by atoms with Crippen LogP contribution in [-0.4, -0.2) is 53.3 Å². The van der Waals surface area contributed by atoms with Crippen molar-refractivity contribution in [3.8, 4) is 0 Å². The number of carbonyl (C=O) groups is 1. The molecule has 0 amide bonds. The van der Waals surface area contributed by atoms with Crippen LogP contribution in [0.15, 0.2) is 0 Å². The molecule has 1 heterocycles. The molecule has 1 aliphatic heterocycles. The highest BCUT2D eigenvalue weighted by atomic mass is 32.1. The number of esters is 1. The van der Waals surface area contributed by atoms with Crippen LogP contribution in [0, 0.1) is 0 Å². The normalized spacial score (nSPS) is 26.4. The van der Waals surface area contributed by atoms with Crippen LogP contribution in [-0.2, 0) is 9.53 Å². The van der Waals surface area contributed by atoms with E-state index in [9.17, 15) is 9.90 Å². The third kappa shape index (κ3) is 2.20. The monoisotopic (exact) mass is 218 g/mol. The number of aliphatic hydroxyl groups is 1. The molecule has 0 aromatic rings. The van der Waals surface area contributed by atoms with Crippen molar-refractivity contribution in [2.45, 2.75) is 18.6 Å². The standard InChI is InChI=1S/C8H14N2O3S/c1-13-8(12)6-2-5(11)4-10(6)7(14)3-9/h5-6,11H,2-4,9H2,1H3/t5?,6-/m0/s1. The first-order chi connectivity index (χ1) is 6.60. The molecule has 0 radical (unpaired) electrons. The zero-order valence-electron chi connectivity index (χ0n) is 7.97. The van der Waals surface area contributed by atoms with E-state index in [1.165, 1.54) is 7.11 Å². The average molecular weight is 218 g/mol. The molecule has 0 aromatic carbocycles. The number of β-amino-alcohol motifs (C(OH)–C–C–N with tert-alkyl or cyclic N) is 1. The van der Waals surface area contributed by atoms with Crippen molar-refractivity contribution in [1.29, 1.82) is 0 Å². The van der Waals surface area contributed by atoms with Gasteiger partial charge in [0.25, 0.3) is 0 Å². The zero-order valence-corrected chi connectivity index (χ0v) is 8.79. The summed E-state index contributed by atoms with van der Waals surface area (Å²) < 4.78 is 4.62. The average Bonchev–Trinajstić information content (AvgIpc) is 2.58. The molecule has 0 bridgehead atoms. The fourth-order valence-electron chi connectivity index (χ4n) is 1.57. The van der Waals surface area contributed by atoms with E-state index in [0.29, 0.717) is 18.0 Å². The third-order valence-corrected chi connectivity index (χ3v) is 2.65. The lowest BCUT2D eigenvalue weighted by atomic mass is 10.2. The quantitative estimate of drug-likeness (QED) is 0.452. The third-order valence-electron chi connectivity index (χ3n) is 2.25. The number of ether oxygens (including phenoxy) is 1. The van der Waals surface area contributed by atoms with Crippen LogP contribution >= 0.6 is 12.2 Å². The summed E-state index contributed by atoms with van der Waals surface area (Å²) in [6.07, 6.45) is -0.184. The first-order valence-corrected chi connectivity index (χ1v) is 4.76. The molecule has 2 atom stereocenters. The van der Waals surface area contributed by atoms with Gasteiger partial charge < -0.3 is 20.5 Å². The van der Waals surface area contributed by atoms with Gasteiger partial charge in [0.2, 0.25) is 0 Å². The summed E-state index contributed by atoms with van der Waals surface area (Å²) in [4.78, 5) is 13.4. The van der Waals surface area contributed by atoms with Gasteiger partial charge >= 0.3 is 5.97 Å². The molecule has 0 aliphatic carbocycles. The van der Waals surface area contributed by atoms with Gasteiger partial charge in [-0.15, -0.1) is 0 Å². The highest BCUT2D eigenvalue weighted by molar-refractivity contribution is 7.80. The predicted molar refractivity (Wildman–Crippen MR) is 54.8 cm³/mol. The molecule has 5 nitrogen and oxygen atoms in total. The van der Waals surface area contributed by atoms with Crippen LogP contribution in [0.1, 0.15) is 6.42 Å². The highest BCUT2D eigenvalue weighted by Crippen LogP contribution is 2.19. The molecule has 80 valence electrons. The van der Waals surface area contributed by atoms with Gasteiger partial charge in [0.15, 0.2) is 0 Å². The first kappa shape index (κ1) is 11.4. The fourth-order valence-corrected chi connectivity index (χ4v) is 1.77. The van der Waals surface area contributed by atoms with Gasteiger partial charge in [-0.3, -0.25) is 0 Å². The largest absolute Gasteiger partial charge is 0.467 e. The van der Waals surface area contributed by atoms with Crippen molar-refractivity contribution in [1.82, 2.24) is 4.90 Å². The number of nitrogens with two attached hydrogens (primary N) is 1. The Labute approximate surface area is 87.8 Å². The SMILES string of the molecule is COC(=O)[C@@H]1CC(O)CN1C(=S)CN. The van der Waals surface area contributed by atoms with Gasteiger partial charge in [0.05, 0.1) is 18.2 Å². The number of aliphatic hydroxyl groups excluding tert-OH is 1. The summed E-state index contributed by atoms with van der Waals surface area (Å²) in [5.41, 5.74) is 5.38. The Bertz CT molecular complexity index is 223. The molecule has 0 aromatic heterocycles. The Kier molecular flexibility index (Phi) is 3.79. The van der Waals surface area contributed by atoms with E-state index >= 15 is 0 Å². The van der Waals surface area contributed by atoms with E-state index < -0.39 is 12.1 Å². The molecule has 3 N–H and O–H groups in total. The first-order valence-electron chi connectivity index (χ1n) is 4.35. The van der Waals surface area contributed by atoms with Crippen molar-refractivity contribution in [2.75, 3.05) is 20.2 Å². The topological polar surface area (TPSA) is 75.8 Å². The lowest BCUT2D eigenvalue weighted by molar-refractivity contribution is -0.144. The summed E-state index contributed by atoms with van der Waals surface area (Å²) in [5, 5.41) is 9.41. The van der Waals surface area contributed by atoms with Gasteiger partial charge in [-0.2, -0.15) is 0 Å². The summed E-state index contributed by atoms with van der Waals surface area (Å²) in [7, 11) is 1.32. The maximum atomic E-state index is 11.3. The van der Waals surface area contributed by atoms with E-state index in [4.69, 9.17) is 18.0 Å². The number of carbonyl (C=O) groups excluding carboxylic acids is 1. The maximum absolute atomic E-state index is 11.3. The van der Waals surface area contributed by atoms with E-state index in [-0.39, 0.29) is 12.5 Å². The summed E-state index contributed by atoms with van der Waals surface area (Å²) in [5.74, 6) is -0.377. The smallest absolute Gasteiger partial charge is 0.328 e. The molecule has 1 aliphatic rings. The Morgan fingerprint density at radius 3 is 2.93 bits per heavy atom. The van der Waals surface area contributed by atoms with Crippen LogP contribution in [0.5, 0.6) is 0 Å². The zero-order chi connectivity index (χ0) is 10.7. The van der Waals surface area contributed by atoms with Crippen molar-refractivity contribution in [2.24, 2.45) is 5.73 Å². The number of thiocarbonyl (C=S) groups is 1. The van der Waals surface area contributed by atoms with Crippen LogP contribution in [0.25, 0.3) is 0 Å². The van der Waals surface area contributed by atoms with E-state index in [2.05, 4.69) is 4.74 Å². The molecule has 1 unspecified atom stereocenters. The van der Waals surface area contributed by atoms with Gasteiger partial charge in [0, 0.05) is 19.5 Å². The molecular weight excluding hydrogens is 204 g/mol. The molecule has 1 rings (SSSR count). The minimum atomic E-state index is -0.538. The van der Waals surface area contributed by atoms with Crippen molar-refractivity contribution in [3.63, 3.8) is 0 Å². The summed E-state index contributed by atoms with van der Waals surface area (Å²) in [6, 6.07) is -0.481. The Balaban J connectivity index is 2.72. The second-order valence-electron chi connectivity index (χ2n) is 3.18. The summed E-state index contributed by atoms with van der Waals surface area (Å²) >= 11 is 4.99. The van der Waals surface area contributed by atoms with E-state index in [1.54, 1.807) is 4.90 Å². The minimum absolute atomic E-state index is 0.204. The molecule has 14 heavy (non-hydrogen) atoms. The van der Waals surface area contributed by atoms with Crippen LogP contribution < -0.4 is 5.73 Å². The minimum Gasteiger partial charge on any atom is -0.467 e. The second kappa shape index (κ2) is 4.68. The maximum Gasteiger partial charge on any atom is 0.328 e. The molecule has 6 heteroatoms. The Hall–Kier alpha value is -0.720. The summed E-state index contributed by atoms with van der Waals surface area (Å²) in [6.45, 7) is 0.561. The molecule has 1 fully saturated rings. The van der Waals surface area contributed by atoms with Crippen LogP contribution in [0.4, 0.5) is 0 Å². The molecule has 1 saturated heterocycles. The predicted octanol–water partition coefficient (Wildman–Crippen LogP) is -1.12. The van der Waals surface area contributed by atoms with E-state index in [1.807, 2.05) is 0 Å². The second-order valence-corrected chi connectivity index (χ2v) is 3.65. The Morgan fingerprint density at radius 1 is 1.79 bits per heavy atom. The number of likely N-dealkylation sites (tertiary alicyclic amines) is 1. The van der Waals surface area contributed by atoms with E-state index in [0.717, 1.165) is 0 Å². The van der Waals surface area contributed by atoms with Gasteiger partial charge in [0.1, 0.15) is 6.04 Å². The molecule has 0 saturated carbocycles. The lowest BCUT2D eigenvalue weighted by Crippen LogP contribution is -2.43. The lowest BCUT2D eigenvalue weighted by Gasteiger charge is -2.23. The fraction of sp³-hybridized carbons (Fsp3) is 0.750.